The summed E-state index contributed by atoms with van der Waals surface area (Å²) in [5.41, 5.74) is 5.00. The van der Waals surface area contributed by atoms with Gasteiger partial charge >= 0.3 is 0 Å². The lowest BCUT2D eigenvalue weighted by Gasteiger charge is -2.25. The molecule has 5 aromatic rings. The Morgan fingerprint density at radius 2 is 1.41 bits per heavy atom. The number of hydrogen-bond donors (Lipinski definition) is 0. The van der Waals surface area contributed by atoms with Gasteiger partial charge in [0.25, 0.3) is 0 Å². The Morgan fingerprint density at radius 1 is 0.750 bits per heavy atom. The molecule has 2 nitrogen and oxygen atoms in total. The van der Waals surface area contributed by atoms with Crippen molar-refractivity contribution in [2.45, 2.75) is 19.8 Å². The molecule has 6 rings (SSSR count). The van der Waals surface area contributed by atoms with Crippen LogP contribution >= 0.6 is 0 Å². The van der Waals surface area contributed by atoms with Gasteiger partial charge in [0.05, 0.1) is 0 Å². The van der Waals surface area contributed by atoms with Crippen LogP contribution in [0.3, 0.4) is 0 Å². The third-order valence-electron chi connectivity index (χ3n) is 6.45. The van der Waals surface area contributed by atoms with Gasteiger partial charge in [-0.25, -0.2) is 0 Å². The first-order chi connectivity index (χ1) is 15.7. The molecule has 0 radical (unpaired) electrons. The van der Waals surface area contributed by atoms with Gasteiger partial charge in [0.1, 0.15) is 11.5 Å². The minimum Gasteiger partial charge on any atom is -0.456 e. The van der Waals surface area contributed by atoms with E-state index in [0.29, 0.717) is 6.42 Å². The van der Waals surface area contributed by atoms with Crippen LogP contribution in [-0.4, -0.2) is 5.78 Å². The van der Waals surface area contributed by atoms with E-state index in [1.165, 1.54) is 5.56 Å². The zero-order chi connectivity index (χ0) is 21.7. The van der Waals surface area contributed by atoms with E-state index in [1.54, 1.807) is 0 Å². The predicted octanol–water partition coefficient (Wildman–Crippen LogP) is 7.95. The number of benzene rings is 5. The van der Waals surface area contributed by atoms with Crippen molar-refractivity contribution in [2.75, 3.05) is 0 Å². The standard InChI is InChI=1S/C30H22O2/c1-2-26(31)25-16-15-22-18-21-11-5-8-14-27(21)32-30(22)29(25)28-23-12-6-3-9-19(23)17-20-10-4-7-13-24(20)28/h3-17H,2,18H2,1H3. The Hall–Kier alpha value is -3.91. The van der Waals surface area contributed by atoms with Crippen molar-refractivity contribution in [3.8, 4) is 22.6 Å². The maximum Gasteiger partial charge on any atom is 0.163 e. The molecule has 154 valence electrons. The number of ketones is 1. The number of para-hydroxylation sites is 1. The summed E-state index contributed by atoms with van der Waals surface area (Å²) in [4.78, 5) is 13.2. The van der Waals surface area contributed by atoms with E-state index >= 15 is 0 Å². The summed E-state index contributed by atoms with van der Waals surface area (Å²) in [6.07, 6.45) is 1.24. The third kappa shape index (κ3) is 2.84. The molecule has 0 atom stereocenters. The summed E-state index contributed by atoms with van der Waals surface area (Å²) < 4.78 is 6.54. The second-order valence-electron chi connectivity index (χ2n) is 8.33. The van der Waals surface area contributed by atoms with Gasteiger partial charge in [0.2, 0.25) is 0 Å². The molecule has 0 saturated heterocycles. The molecular weight excluding hydrogens is 392 g/mol. The first-order valence-corrected chi connectivity index (χ1v) is 11.1. The fourth-order valence-corrected chi connectivity index (χ4v) is 4.90. The Morgan fingerprint density at radius 3 is 2.12 bits per heavy atom. The summed E-state index contributed by atoms with van der Waals surface area (Å²) in [5.74, 6) is 1.80. The van der Waals surface area contributed by atoms with Gasteiger partial charge in [-0.05, 0) is 44.8 Å². The SMILES string of the molecule is CCC(=O)c1ccc2c(c1-c1c3ccccc3cc3ccccc13)Oc1ccccc1C2. The normalized spacial score (nSPS) is 12.3. The van der Waals surface area contributed by atoms with Crippen LogP contribution in [0.1, 0.15) is 34.8 Å². The summed E-state index contributed by atoms with van der Waals surface area (Å²) in [5, 5.41) is 4.58. The Bertz CT molecular complexity index is 1470. The highest BCUT2D eigenvalue weighted by Crippen LogP contribution is 2.48. The second-order valence-corrected chi connectivity index (χ2v) is 8.33. The summed E-state index contributed by atoms with van der Waals surface area (Å²) in [7, 11) is 0. The van der Waals surface area contributed by atoms with E-state index in [4.69, 9.17) is 4.74 Å². The average Bonchev–Trinajstić information content (AvgIpc) is 2.85. The number of hydrogen-bond acceptors (Lipinski definition) is 2. The highest BCUT2D eigenvalue weighted by Gasteiger charge is 2.27. The van der Waals surface area contributed by atoms with Crippen LogP contribution in [-0.2, 0) is 6.42 Å². The Balaban J connectivity index is 1.76. The van der Waals surface area contributed by atoms with E-state index in [2.05, 4.69) is 66.7 Å². The van der Waals surface area contributed by atoms with Gasteiger partial charge in [0.15, 0.2) is 5.78 Å². The topological polar surface area (TPSA) is 26.3 Å². The molecule has 2 heteroatoms. The number of carbonyl (C=O) groups excluding carboxylic acids is 1. The zero-order valence-electron chi connectivity index (χ0n) is 17.9. The van der Waals surface area contributed by atoms with E-state index in [1.807, 2.05) is 31.2 Å². The molecule has 1 aliphatic rings. The maximum atomic E-state index is 13.2. The Kier molecular flexibility index (Phi) is 4.32. The number of carbonyl (C=O) groups is 1. The number of ether oxygens (including phenoxy) is 1. The van der Waals surface area contributed by atoms with E-state index in [0.717, 1.165) is 61.7 Å². The van der Waals surface area contributed by atoms with Gasteiger partial charge in [-0.3, -0.25) is 4.79 Å². The Labute approximate surface area is 187 Å². The first-order valence-electron chi connectivity index (χ1n) is 11.1. The minimum atomic E-state index is 0.127. The van der Waals surface area contributed by atoms with Crippen LogP contribution in [0.5, 0.6) is 11.5 Å². The molecule has 5 aromatic carbocycles. The van der Waals surface area contributed by atoms with E-state index in [9.17, 15) is 4.79 Å². The summed E-state index contributed by atoms with van der Waals surface area (Å²) in [6.45, 7) is 1.92. The average molecular weight is 415 g/mol. The van der Waals surface area contributed by atoms with Crippen LogP contribution in [0, 0.1) is 0 Å². The largest absolute Gasteiger partial charge is 0.456 e. The highest BCUT2D eigenvalue weighted by molar-refractivity contribution is 6.17. The van der Waals surface area contributed by atoms with Crippen LogP contribution in [0.2, 0.25) is 0 Å². The van der Waals surface area contributed by atoms with Crippen molar-refractivity contribution in [1.82, 2.24) is 0 Å². The third-order valence-corrected chi connectivity index (χ3v) is 6.45. The number of Topliss-reactive ketones (excluding diaryl/α,β-unsaturated/α-hetero) is 1. The molecule has 0 fully saturated rings. The van der Waals surface area contributed by atoms with Crippen molar-refractivity contribution < 1.29 is 9.53 Å². The molecular formula is C30H22O2. The van der Waals surface area contributed by atoms with Crippen LogP contribution in [0.4, 0.5) is 0 Å². The molecule has 0 amide bonds. The summed E-state index contributed by atoms with van der Waals surface area (Å²) >= 11 is 0. The van der Waals surface area contributed by atoms with Crippen molar-refractivity contribution in [2.24, 2.45) is 0 Å². The van der Waals surface area contributed by atoms with E-state index < -0.39 is 0 Å². The number of fused-ring (bicyclic) bond motifs is 4. The lowest BCUT2D eigenvalue weighted by atomic mass is 9.85. The van der Waals surface area contributed by atoms with Crippen LogP contribution in [0.25, 0.3) is 32.7 Å². The van der Waals surface area contributed by atoms with Gasteiger partial charge in [-0.1, -0.05) is 85.8 Å². The predicted molar refractivity (Wildman–Crippen MR) is 131 cm³/mol. The minimum absolute atomic E-state index is 0.127. The smallest absolute Gasteiger partial charge is 0.163 e. The van der Waals surface area contributed by atoms with Crippen LogP contribution in [0.15, 0.2) is 91.0 Å². The van der Waals surface area contributed by atoms with Gasteiger partial charge in [-0.2, -0.15) is 0 Å². The fraction of sp³-hybridized carbons (Fsp3) is 0.100. The molecule has 0 spiro atoms. The molecule has 0 aromatic heterocycles. The molecule has 1 aliphatic heterocycles. The first kappa shape index (κ1) is 18.8. The fourth-order valence-electron chi connectivity index (χ4n) is 4.90. The lowest BCUT2D eigenvalue weighted by Crippen LogP contribution is -2.09. The van der Waals surface area contributed by atoms with Gasteiger partial charge < -0.3 is 4.74 Å². The monoisotopic (exact) mass is 414 g/mol. The maximum absolute atomic E-state index is 13.2. The molecule has 0 N–H and O–H groups in total. The molecule has 0 aliphatic carbocycles. The molecule has 0 unspecified atom stereocenters. The molecule has 1 heterocycles. The van der Waals surface area contributed by atoms with Crippen molar-refractivity contribution in [1.29, 1.82) is 0 Å². The van der Waals surface area contributed by atoms with Gasteiger partial charge in [0, 0.05) is 29.5 Å². The molecule has 0 bridgehead atoms. The van der Waals surface area contributed by atoms with Crippen molar-refractivity contribution in [3.63, 3.8) is 0 Å². The molecule has 32 heavy (non-hydrogen) atoms. The quantitative estimate of drug-likeness (QED) is 0.217. The van der Waals surface area contributed by atoms with Crippen molar-refractivity contribution >= 4 is 27.3 Å². The van der Waals surface area contributed by atoms with E-state index in [-0.39, 0.29) is 5.78 Å². The lowest BCUT2D eigenvalue weighted by molar-refractivity contribution is 0.0988. The van der Waals surface area contributed by atoms with Gasteiger partial charge in [-0.15, -0.1) is 0 Å². The summed E-state index contributed by atoms with van der Waals surface area (Å²) in [6, 6.07) is 31.3. The second kappa shape index (κ2) is 7.35. The van der Waals surface area contributed by atoms with Crippen LogP contribution < -0.4 is 4.74 Å². The zero-order valence-corrected chi connectivity index (χ0v) is 17.9. The highest BCUT2D eigenvalue weighted by atomic mass is 16.5. The number of rotatable bonds is 3. The van der Waals surface area contributed by atoms with Crippen molar-refractivity contribution in [3.05, 3.63) is 108 Å². The molecule has 0 saturated carbocycles.